The van der Waals surface area contributed by atoms with Crippen molar-refractivity contribution in [2.45, 2.75) is 25.7 Å². The van der Waals surface area contributed by atoms with Gasteiger partial charge in [-0.2, -0.15) is 0 Å². The monoisotopic (exact) mass is 320 g/mol. The minimum Gasteiger partial charge on any atom is -0.411 e. The lowest BCUT2D eigenvalue weighted by molar-refractivity contribution is 0.154. The fourth-order valence-electron chi connectivity index (χ4n) is 4.35. The van der Waals surface area contributed by atoms with Crippen LogP contribution in [0.3, 0.4) is 0 Å². The summed E-state index contributed by atoms with van der Waals surface area (Å²) in [6, 6.07) is 19.1. The molecule has 124 valence electrons. The molecule has 4 rings (SSSR count). The van der Waals surface area contributed by atoms with Crippen molar-refractivity contribution in [3.05, 3.63) is 71.3 Å². The Kier molecular flexibility index (Phi) is 4.11. The van der Waals surface area contributed by atoms with Crippen LogP contribution in [0.4, 0.5) is 0 Å². The van der Waals surface area contributed by atoms with E-state index in [0.717, 1.165) is 56.6 Å². The summed E-state index contributed by atoms with van der Waals surface area (Å²) in [5.41, 5.74) is 4.85. The maximum absolute atomic E-state index is 9.62. The Morgan fingerprint density at radius 3 is 2.42 bits per heavy atom. The van der Waals surface area contributed by atoms with Crippen LogP contribution in [0.2, 0.25) is 0 Å². The Balaban J connectivity index is 1.41. The van der Waals surface area contributed by atoms with Gasteiger partial charge in [-0.25, -0.2) is 0 Å². The second-order valence-corrected chi connectivity index (χ2v) is 7.14. The average Bonchev–Trinajstić information content (AvgIpc) is 2.95. The van der Waals surface area contributed by atoms with E-state index < -0.39 is 0 Å². The van der Waals surface area contributed by atoms with Gasteiger partial charge < -0.3 is 10.1 Å². The highest BCUT2D eigenvalue weighted by Crippen LogP contribution is 2.44. The summed E-state index contributed by atoms with van der Waals surface area (Å²) in [6.45, 7) is 3.28. The van der Waals surface area contributed by atoms with Gasteiger partial charge in [0.05, 0.1) is 5.71 Å². The average molecular weight is 320 g/mol. The number of fused-ring (bicyclic) bond motifs is 1. The predicted molar refractivity (Wildman–Crippen MR) is 96.7 cm³/mol. The molecule has 1 saturated heterocycles. The molecule has 1 aliphatic carbocycles. The van der Waals surface area contributed by atoms with Crippen molar-refractivity contribution in [2.24, 2.45) is 10.6 Å². The maximum Gasteiger partial charge on any atom is 0.0936 e. The molecule has 1 N–H and O–H groups in total. The van der Waals surface area contributed by atoms with Crippen LogP contribution in [-0.2, 0) is 12.8 Å². The quantitative estimate of drug-likeness (QED) is 0.691. The van der Waals surface area contributed by atoms with Crippen LogP contribution in [0, 0.1) is 5.41 Å². The molecule has 1 aliphatic heterocycles. The summed E-state index contributed by atoms with van der Waals surface area (Å²) < 4.78 is 0. The van der Waals surface area contributed by atoms with E-state index >= 15 is 0 Å². The molecule has 0 amide bonds. The van der Waals surface area contributed by atoms with Gasteiger partial charge in [0, 0.05) is 17.5 Å². The molecule has 0 atom stereocenters. The van der Waals surface area contributed by atoms with E-state index in [1.807, 2.05) is 6.07 Å². The van der Waals surface area contributed by atoms with Gasteiger partial charge in [0.1, 0.15) is 0 Å². The first-order valence-corrected chi connectivity index (χ1v) is 8.88. The van der Waals surface area contributed by atoms with E-state index in [1.54, 1.807) is 0 Å². The molecular formula is C21H24N2O. The van der Waals surface area contributed by atoms with Gasteiger partial charge >= 0.3 is 0 Å². The molecule has 0 aromatic heterocycles. The van der Waals surface area contributed by atoms with Gasteiger partial charge in [-0.15, -0.1) is 0 Å². The van der Waals surface area contributed by atoms with Crippen LogP contribution in [0.1, 0.15) is 29.5 Å². The summed E-state index contributed by atoms with van der Waals surface area (Å²) in [5.74, 6) is 0. The summed E-state index contributed by atoms with van der Waals surface area (Å²) >= 11 is 0. The van der Waals surface area contributed by atoms with E-state index in [-0.39, 0.29) is 5.41 Å². The van der Waals surface area contributed by atoms with Crippen molar-refractivity contribution in [1.29, 1.82) is 0 Å². The minimum absolute atomic E-state index is 0.0433. The topological polar surface area (TPSA) is 35.8 Å². The SMILES string of the molecule is ON=C1c2ccccc2CC12CCN(CCc1ccccc1)CC2. The normalized spacial score (nSPS) is 21.2. The van der Waals surface area contributed by atoms with E-state index in [1.165, 1.54) is 11.1 Å². The van der Waals surface area contributed by atoms with Crippen molar-refractivity contribution in [1.82, 2.24) is 4.90 Å². The molecule has 24 heavy (non-hydrogen) atoms. The van der Waals surface area contributed by atoms with Crippen LogP contribution >= 0.6 is 0 Å². The molecule has 1 spiro atoms. The van der Waals surface area contributed by atoms with Gasteiger partial charge in [0.15, 0.2) is 0 Å². The number of nitrogens with zero attached hydrogens (tertiary/aromatic N) is 2. The Hall–Kier alpha value is -2.13. The molecule has 3 nitrogen and oxygen atoms in total. The zero-order chi connectivity index (χ0) is 16.4. The standard InChI is InChI=1S/C21H24N2O/c24-22-20-19-9-5-4-8-18(19)16-21(20)11-14-23(15-12-21)13-10-17-6-2-1-3-7-17/h1-9,24H,10-16H2. The first kappa shape index (κ1) is 15.4. The number of rotatable bonds is 3. The second-order valence-electron chi connectivity index (χ2n) is 7.14. The lowest BCUT2D eigenvalue weighted by Gasteiger charge is -2.39. The van der Waals surface area contributed by atoms with E-state index in [4.69, 9.17) is 0 Å². The number of hydrogen-bond donors (Lipinski definition) is 1. The Bertz CT molecular complexity index is 731. The molecular weight excluding hydrogens is 296 g/mol. The third-order valence-electron chi connectivity index (χ3n) is 5.78. The van der Waals surface area contributed by atoms with Crippen molar-refractivity contribution in [3.8, 4) is 0 Å². The zero-order valence-electron chi connectivity index (χ0n) is 14.0. The van der Waals surface area contributed by atoms with Crippen molar-refractivity contribution >= 4 is 5.71 Å². The third-order valence-corrected chi connectivity index (χ3v) is 5.78. The first-order valence-electron chi connectivity index (χ1n) is 8.88. The smallest absolute Gasteiger partial charge is 0.0936 e. The molecule has 2 aromatic rings. The van der Waals surface area contributed by atoms with Crippen molar-refractivity contribution < 1.29 is 5.21 Å². The van der Waals surface area contributed by atoms with Crippen LogP contribution in [0.15, 0.2) is 59.8 Å². The predicted octanol–water partition coefficient (Wildman–Crippen LogP) is 3.75. The van der Waals surface area contributed by atoms with Gasteiger partial charge in [0.25, 0.3) is 0 Å². The van der Waals surface area contributed by atoms with E-state index in [0.29, 0.717) is 0 Å². The largest absolute Gasteiger partial charge is 0.411 e. The molecule has 2 aliphatic rings. The summed E-state index contributed by atoms with van der Waals surface area (Å²) in [5, 5.41) is 13.3. The van der Waals surface area contributed by atoms with Crippen molar-refractivity contribution in [2.75, 3.05) is 19.6 Å². The minimum atomic E-state index is 0.0433. The maximum atomic E-state index is 9.62. The summed E-state index contributed by atoms with van der Waals surface area (Å²) in [7, 11) is 0. The highest BCUT2D eigenvalue weighted by molar-refractivity contribution is 6.08. The zero-order valence-corrected chi connectivity index (χ0v) is 14.0. The van der Waals surface area contributed by atoms with Gasteiger partial charge in [0.2, 0.25) is 0 Å². The van der Waals surface area contributed by atoms with Crippen LogP contribution in [0.5, 0.6) is 0 Å². The van der Waals surface area contributed by atoms with E-state index in [9.17, 15) is 5.21 Å². The highest BCUT2D eigenvalue weighted by atomic mass is 16.4. The number of piperidine rings is 1. The Labute approximate surface area is 143 Å². The summed E-state index contributed by atoms with van der Waals surface area (Å²) in [6.07, 6.45) is 4.29. The van der Waals surface area contributed by atoms with Gasteiger partial charge in [-0.3, -0.25) is 0 Å². The molecule has 2 aromatic carbocycles. The fraction of sp³-hybridized carbons (Fsp3) is 0.381. The van der Waals surface area contributed by atoms with Crippen LogP contribution < -0.4 is 0 Å². The van der Waals surface area contributed by atoms with Crippen LogP contribution in [0.25, 0.3) is 0 Å². The molecule has 0 saturated carbocycles. The molecule has 0 radical (unpaired) electrons. The molecule has 0 bridgehead atoms. The van der Waals surface area contributed by atoms with Crippen LogP contribution in [-0.4, -0.2) is 35.5 Å². The highest BCUT2D eigenvalue weighted by Gasteiger charge is 2.45. The number of likely N-dealkylation sites (tertiary alicyclic amines) is 1. The third kappa shape index (κ3) is 2.73. The summed E-state index contributed by atoms with van der Waals surface area (Å²) in [4.78, 5) is 2.55. The number of oxime groups is 1. The first-order chi connectivity index (χ1) is 11.8. The fourth-order valence-corrected chi connectivity index (χ4v) is 4.35. The molecule has 0 unspecified atom stereocenters. The van der Waals surface area contributed by atoms with Gasteiger partial charge in [-0.05, 0) is 49.9 Å². The number of hydrogen-bond acceptors (Lipinski definition) is 3. The van der Waals surface area contributed by atoms with Crippen molar-refractivity contribution in [3.63, 3.8) is 0 Å². The second kappa shape index (κ2) is 6.40. The van der Waals surface area contributed by atoms with E-state index in [2.05, 4.69) is 58.6 Å². The Morgan fingerprint density at radius 2 is 1.67 bits per heavy atom. The van der Waals surface area contributed by atoms with Gasteiger partial charge in [-0.1, -0.05) is 59.8 Å². The lowest BCUT2D eigenvalue weighted by atomic mass is 9.74. The Morgan fingerprint density at radius 1 is 0.958 bits per heavy atom. The molecule has 1 fully saturated rings. The lowest BCUT2D eigenvalue weighted by Crippen LogP contribution is -2.44. The molecule has 3 heteroatoms. The molecule has 1 heterocycles. The number of benzene rings is 2.